The van der Waals surface area contributed by atoms with Gasteiger partial charge in [-0.3, -0.25) is 4.79 Å². The van der Waals surface area contributed by atoms with E-state index in [0.29, 0.717) is 5.92 Å². The third-order valence-corrected chi connectivity index (χ3v) is 2.51. The zero-order valence-corrected chi connectivity index (χ0v) is 5.85. The van der Waals surface area contributed by atoms with Crippen molar-refractivity contribution in [3.63, 3.8) is 0 Å². The number of aliphatic carboxylic acids is 1. The summed E-state index contributed by atoms with van der Waals surface area (Å²) in [5.41, 5.74) is -0.333. The molecule has 0 aromatic rings. The molecule has 0 aromatic carbocycles. The summed E-state index contributed by atoms with van der Waals surface area (Å²) in [4.78, 5) is 10.5. The minimum Gasteiger partial charge on any atom is -0.481 e. The molecule has 0 heterocycles. The highest BCUT2D eigenvalue weighted by atomic mass is 16.4. The van der Waals surface area contributed by atoms with Gasteiger partial charge in [0.1, 0.15) is 0 Å². The first-order chi connectivity index (χ1) is 4.13. The predicted molar refractivity (Wildman–Crippen MR) is 34.1 cm³/mol. The van der Waals surface area contributed by atoms with Crippen LogP contribution in [-0.4, -0.2) is 11.1 Å². The van der Waals surface area contributed by atoms with Gasteiger partial charge < -0.3 is 5.11 Å². The zero-order chi connectivity index (χ0) is 7.07. The molecule has 1 saturated carbocycles. The number of hydrogen-bond acceptors (Lipinski definition) is 1. The molecule has 2 heteroatoms. The summed E-state index contributed by atoms with van der Waals surface area (Å²) in [6, 6.07) is 0. The number of carboxylic acid groups (broad SMARTS) is 1. The van der Waals surface area contributed by atoms with Gasteiger partial charge in [0.05, 0.1) is 5.41 Å². The fraction of sp³-hybridized carbons (Fsp3) is 0.857. The molecule has 1 aliphatic carbocycles. The molecule has 1 N–H and O–H groups in total. The zero-order valence-electron chi connectivity index (χ0n) is 5.85. The van der Waals surface area contributed by atoms with Crippen LogP contribution in [0.3, 0.4) is 0 Å². The van der Waals surface area contributed by atoms with Crippen molar-refractivity contribution in [2.24, 2.45) is 11.3 Å². The maximum atomic E-state index is 10.5. The third-order valence-electron chi connectivity index (χ3n) is 2.51. The van der Waals surface area contributed by atoms with Gasteiger partial charge in [0, 0.05) is 0 Å². The number of carbonyl (C=O) groups is 1. The van der Waals surface area contributed by atoms with E-state index in [4.69, 9.17) is 5.11 Å². The van der Waals surface area contributed by atoms with Gasteiger partial charge in [-0.25, -0.2) is 0 Å². The van der Waals surface area contributed by atoms with Crippen LogP contribution in [0.15, 0.2) is 0 Å². The van der Waals surface area contributed by atoms with Crippen LogP contribution < -0.4 is 0 Å². The van der Waals surface area contributed by atoms with E-state index in [1.165, 1.54) is 0 Å². The van der Waals surface area contributed by atoms with Crippen molar-refractivity contribution in [1.82, 2.24) is 0 Å². The van der Waals surface area contributed by atoms with Crippen LogP contribution in [0, 0.1) is 11.3 Å². The maximum Gasteiger partial charge on any atom is 0.309 e. The average Bonchev–Trinajstić information content (AvgIpc) is 2.43. The Hall–Kier alpha value is -0.530. The van der Waals surface area contributed by atoms with Crippen molar-refractivity contribution >= 4 is 5.97 Å². The lowest BCUT2D eigenvalue weighted by Crippen LogP contribution is -2.15. The van der Waals surface area contributed by atoms with Crippen molar-refractivity contribution < 1.29 is 9.90 Å². The van der Waals surface area contributed by atoms with Crippen molar-refractivity contribution in [2.75, 3.05) is 0 Å². The van der Waals surface area contributed by atoms with Gasteiger partial charge >= 0.3 is 5.97 Å². The Morgan fingerprint density at radius 3 is 2.33 bits per heavy atom. The highest BCUT2D eigenvalue weighted by Gasteiger charge is 2.55. The number of carboxylic acids is 1. The van der Waals surface area contributed by atoms with Gasteiger partial charge in [0.2, 0.25) is 0 Å². The van der Waals surface area contributed by atoms with Gasteiger partial charge in [-0.15, -0.1) is 0 Å². The normalized spacial score (nSPS) is 40.4. The van der Waals surface area contributed by atoms with Crippen LogP contribution in [0.1, 0.15) is 26.7 Å². The fourth-order valence-electron chi connectivity index (χ4n) is 1.43. The summed E-state index contributed by atoms with van der Waals surface area (Å²) in [5, 5.41) is 8.67. The Morgan fingerprint density at radius 1 is 1.89 bits per heavy atom. The third kappa shape index (κ3) is 0.732. The summed E-state index contributed by atoms with van der Waals surface area (Å²) in [5.74, 6) is -0.211. The van der Waals surface area contributed by atoms with E-state index < -0.39 is 5.97 Å². The molecule has 1 fully saturated rings. The molecule has 9 heavy (non-hydrogen) atoms. The molecule has 1 aliphatic rings. The molecule has 0 aliphatic heterocycles. The number of hydrogen-bond donors (Lipinski definition) is 1. The molecule has 52 valence electrons. The molecular formula is C7H12O2. The van der Waals surface area contributed by atoms with E-state index in [1.54, 1.807) is 0 Å². The first-order valence-corrected chi connectivity index (χ1v) is 3.37. The Kier molecular flexibility index (Phi) is 1.26. The highest BCUT2D eigenvalue weighted by molar-refractivity contribution is 5.78. The molecule has 2 atom stereocenters. The molecule has 0 spiro atoms. The van der Waals surface area contributed by atoms with Crippen LogP contribution in [0.2, 0.25) is 0 Å². The van der Waals surface area contributed by atoms with Crippen molar-refractivity contribution in [3.8, 4) is 0 Å². The first-order valence-electron chi connectivity index (χ1n) is 3.37. The van der Waals surface area contributed by atoms with Crippen LogP contribution in [-0.2, 0) is 4.79 Å². The quantitative estimate of drug-likeness (QED) is 0.612. The molecule has 0 radical (unpaired) electrons. The second-order valence-corrected chi connectivity index (χ2v) is 2.92. The molecule has 0 aromatic heterocycles. The van der Waals surface area contributed by atoms with Crippen LogP contribution in [0.4, 0.5) is 0 Å². The Morgan fingerprint density at radius 2 is 2.33 bits per heavy atom. The largest absolute Gasteiger partial charge is 0.481 e. The molecule has 1 rings (SSSR count). The first kappa shape index (κ1) is 6.59. The van der Waals surface area contributed by atoms with Gasteiger partial charge in [-0.05, 0) is 18.8 Å². The van der Waals surface area contributed by atoms with Gasteiger partial charge in [-0.1, -0.05) is 13.8 Å². The molecular weight excluding hydrogens is 116 g/mol. The highest BCUT2D eigenvalue weighted by Crippen LogP contribution is 2.54. The Bertz CT molecular complexity index is 138. The van der Waals surface area contributed by atoms with Crippen molar-refractivity contribution in [2.45, 2.75) is 26.7 Å². The van der Waals surface area contributed by atoms with Gasteiger partial charge in [-0.2, -0.15) is 0 Å². The topological polar surface area (TPSA) is 37.3 Å². The Balaban J connectivity index is 2.62. The summed E-state index contributed by atoms with van der Waals surface area (Å²) >= 11 is 0. The monoisotopic (exact) mass is 128 g/mol. The fourth-order valence-corrected chi connectivity index (χ4v) is 1.43. The van der Waals surface area contributed by atoms with Crippen molar-refractivity contribution in [3.05, 3.63) is 0 Å². The summed E-state index contributed by atoms with van der Waals surface area (Å²) in [6.45, 7) is 3.94. The molecule has 0 bridgehead atoms. The van der Waals surface area contributed by atoms with E-state index in [0.717, 1.165) is 12.8 Å². The summed E-state index contributed by atoms with van der Waals surface area (Å²) in [7, 11) is 0. The molecule has 2 unspecified atom stereocenters. The lowest BCUT2D eigenvalue weighted by molar-refractivity contribution is -0.144. The average molecular weight is 128 g/mol. The van der Waals surface area contributed by atoms with E-state index in [1.807, 2.05) is 13.8 Å². The van der Waals surface area contributed by atoms with E-state index in [-0.39, 0.29) is 5.41 Å². The minimum atomic E-state index is -0.613. The van der Waals surface area contributed by atoms with Gasteiger partial charge in [0.15, 0.2) is 0 Å². The van der Waals surface area contributed by atoms with Crippen LogP contribution in [0.5, 0.6) is 0 Å². The predicted octanol–water partition coefficient (Wildman–Crippen LogP) is 1.51. The smallest absolute Gasteiger partial charge is 0.309 e. The summed E-state index contributed by atoms with van der Waals surface area (Å²) < 4.78 is 0. The van der Waals surface area contributed by atoms with E-state index in [2.05, 4.69) is 0 Å². The minimum absolute atomic E-state index is 0.333. The maximum absolute atomic E-state index is 10.5. The lowest BCUT2D eigenvalue weighted by atomic mass is 10.0. The van der Waals surface area contributed by atoms with Crippen molar-refractivity contribution in [1.29, 1.82) is 0 Å². The molecule has 2 nitrogen and oxygen atoms in total. The molecule has 0 saturated heterocycles. The SMILES string of the molecule is CCC1(C(=O)O)CC1C. The molecule has 0 amide bonds. The van der Waals surface area contributed by atoms with E-state index >= 15 is 0 Å². The van der Waals surface area contributed by atoms with Gasteiger partial charge in [0.25, 0.3) is 0 Å². The number of rotatable bonds is 2. The lowest BCUT2D eigenvalue weighted by Gasteiger charge is -2.04. The Labute approximate surface area is 54.9 Å². The second kappa shape index (κ2) is 1.72. The van der Waals surface area contributed by atoms with E-state index in [9.17, 15) is 4.79 Å². The van der Waals surface area contributed by atoms with Crippen LogP contribution >= 0.6 is 0 Å². The second-order valence-electron chi connectivity index (χ2n) is 2.92. The summed E-state index contributed by atoms with van der Waals surface area (Å²) in [6.07, 6.45) is 1.66. The standard InChI is InChI=1S/C7H12O2/c1-3-7(6(8)9)4-5(7)2/h5H,3-4H2,1-2H3,(H,8,9). The van der Waals surface area contributed by atoms with Crippen LogP contribution in [0.25, 0.3) is 0 Å².